The number of benzene rings is 4. The van der Waals surface area contributed by atoms with Crippen LogP contribution in [0.25, 0.3) is 21.8 Å². The average molecular weight is 409 g/mol. The molecule has 5 rings (SSSR count). The van der Waals surface area contributed by atoms with Gasteiger partial charge in [0.1, 0.15) is 11.6 Å². The molecule has 152 valence electrons. The first kappa shape index (κ1) is 19.0. The predicted octanol–water partition coefficient (Wildman–Crippen LogP) is 5.31. The lowest BCUT2D eigenvalue weighted by Gasteiger charge is -2.13. The largest absolute Gasteiger partial charge is 0.345 e. The van der Waals surface area contributed by atoms with Crippen LogP contribution in [0.2, 0.25) is 0 Å². The van der Waals surface area contributed by atoms with Crippen LogP contribution in [0.1, 0.15) is 21.7 Å². The molecule has 0 aliphatic carbocycles. The standard InChI is InChI=1S/C26H20FN3O/c27-22-13-4-3-12-21(22)26(31)28-16-25-29-23-14-5-6-15-24(23)30(25)17-19-10-7-9-18-8-1-2-11-20(18)19/h1-15H,16-17H2,(H,28,31). The zero-order valence-electron chi connectivity index (χ0n) is 16.8. The van der Waals surface area contributed by atoms with Gasteiger partial charge in [0.15, 0.2) is 0 Å². The van der Waals surface area contributed by atoms with Gasteiger partial charge in [-0.3, -0.25) is 4.79 Å². The number of fused-ring (bicyclic) bond motifs is 2. The van der Waals surface area contributed by atoms with Crippen LogP contribution >= 0.6 is 0 Å². The van der Waals surface area contributed by atoms with Crippen LogP contribution in [0.5, 0.6) is 0 Å². The van der Waals surface area contributed by atoms with Gasteiger partial charge in [0, 0.05) is 0 Å². The summed E-state index contributed by atoms with van der Waals surface area (Å²) in [6.07, 6.45) is 0. The highest BCUT2D eigenvalue weighted by Gasteiger charge is 2.15. The topological polar surface area (TPSA) is 46.9 Å². The molecule has 31 heavy (non-hydrogen) atoms. The molecule has 0 radical (unpaired) electrons. The Morgan fingerprint density at radius 1 is 0.871 bits per heavy atom. The SMILES string of the molecule is O=C(NCc1nc2ccccc2n1Cc1cccc2ccccc12)c1ccccc1F. The Balaban J connectivity index is 1.50. The molecule has 0 bridgehead atoms. The summed E-state index contributed by atoms with van der Waals surface area (Å²) in [5.41, 5.74) is 3.05. The summed E-state index contributed by atoms with van der Waals surface area (Å²) in [7, 11) is 0. The monoisotopic (exact) mass is 409 g/mol. The number of aromatic nitrogens is 2. The number of para-hydroxylation sites is 2. The third-order valence-electron chi connectivity index (χ3n) is 5.47. The lowest BCUT2D eigenvalue weighted by molar-refractivity contribution is 0.0945. The van der Waals surface area contributed by atoms with E-state index in [1.54, 1.807) is 12.1 Å². The molecule has 0 saturated carbocycles. The smallest absolute Gasteiger partial charge is 0.254 e. The molecule has 0 atom stereocenters. The van der Waals surface area contributed by atoms with Gasteiger partial charge in [-0.25, -0.2) is 9.37 Å². The second kappa shape index (κ2) is 8.03. The summed E-state index contributed by atoms with van der Waals surface area (Å²) in [4.78, 5) is 17.2. The zero-order chi connectivity index (χ0) is 21.2. The van der Waals surface area contributed by atoms with Crippen molar-refractivity contribution in [2.75, 3.05) is 0 Å². The van der Waals surface area contributed by atoms with E-state index in [-0.39, 0.29) is 12.1 Å². The van der Waals surface area contributed by atoms with Crippen molar-refractivity contribution in [3.05, 3.63) is 114 Å². The van der Waals surface area contributed by atoms with Gasteiger partial charge >= 0.3 is 0 Å². The molecule has 0 fully saturated rings. The van der Waals surface area contributed by atoms with Crippen molar-refractivity contribution < 1.29 is 9.18 Å². The molecule has 1 N–H and O–H groups in total. The number of rotatable bonds is 5. The summed E-state index contributed by atoms with van der Waals surface area (Å²) in [6, 6.07) is 28.4. The molecule has 0 spiro atoms. The molecule has 0 saturated heterocycles. The van der Waals surface area contributed by atoms with Crippen molar-refractivity contribution in [3.63, 3.8) is 0 Å². The number of imidazole rings is 1. The third-order valence-corrected chi connectivity index (χ3v) is 5.47. The van der Waals surface area contributed by atoms with E-state index in [0.29, 0.717) is 6.54 Å². The lowest BCUT2D eigenvalue weighted by Crippen LogP contribution is -2.25. The highest BCUT2D eigenvalue weighted by molar-refractivity contribution is 5.94. The van der Waals surface area contributed by atoms with Gasteiger partial charge in [-0.15, -0.1) is 0 Å². The van der Waals surface area contributed by atoms with Crippen molar-refractivity contribution in [2.24, 2.45) is 0 Å². The second-order valence-electron chi connectivity index (χ2n) is 7.40. The zero-order valence-corrected chi connectivity index (χ0v) is 16.8. The van der Waals surface area contributed by atoms with E-state index in [4.69, 9.17) is 4.98 Å². The molecule has 0 aliphatic heterocycles. The minimum Gasteiger partial charge on any atom is -0.345 e. The van der Waals surface area contributed by atoms with Crippen LogP contribution < -0.4 is 5.32 Å². The highest BCUT2D eigenvalue weighted by atomic mass is 19.1. The first-order valence-corrected chi connectivity index (χ1v) is 10.1. The summed E-state index contributed by atoms with van der Waals surface area (Å²) < 4.78 is 16.1. The normalized spacial score (nSPS) is 11.1. The van der Waals surface area contributed by atoms with E-state index in [2.05, 4.69) is 40.2 Å². The first-order chi connectivity index (χ1) is 15.2. The molecule has 4 aromatic carbocycles. The van der Waals surface area contributed by atoms with Crippen LogP contribution in [0.3, 0.4) is 0 Å². The van der Waals surface area contributed by atoms with Crippen LogP contribution in [0.15, 0.2) is 91.0 Å². The van der Waals surface area contributed by atoms with Crippen LogP contribution in [-0.4, -0.2) is 15.5 Å². The van der Waals surface area contributed by atoms with Gasteiger partial charge in [-0.2, -0.15) is 0 Å². The summed E-state index contributed by atoms with van der Waals surface area (Å²) in [6.45, 7) is 0.819. The highest BCUT2D eigenvalue weighted by Crippen LogP contribution is 2.23. The van der Waals surface area contributed by atoms with E-state index in [9.17, 15) is 9.18 Å². The summed E-state index contributed by atoms with van der Waals surface area (Å²) in [5, 5.41) is 5.18. The number of nitrogens with one attached hydrogen (secondary N) is 1. The molecule has 1 amide bonds. The molecule has 0 aliphatic rings. The van der Waals surface area contributed by atoms with Gasteiger partial charge < -0.3 is 9.88 Å². The minimum atomic E-state index is -0.538. The maximum atomic E-state index is 14.0. The van der Waals surface area contributed by atoms with Crippen molar-refractivity contribution in [1.29, 1.82) is 0 Å². The predicted molar refractivity (Wildman–Crippen MR) is 120 cm³/mol. The Hall–Kier alpha value is -3.99. The fourth-order valence-electron chi connectivity index (χ4n) is 3.94. The number of carbonyl (C=O) groups excluding carboxylic acids is 1. The number of amides is 1. The van der Waals surface area contributed by atoms with Crippen molar-refractivity contribution in [2.45, 2.75) is 13.1 Å². The lowest BCUT2D eigenvalue weighted by atomic mass is 10.0. The number of nitrogens with zero attached hydrogens (tertiary/aromatic N) is 2. The summed E-state index contributed by atoms with van der Waals surface area (Å²) >= 11 is 0. The van der Waals surface area contributed by atoms with Crippen LogP contribution in [0, 0.1) is 5.82 Å². The number of hydrogen-bond donors (Lipinski definition) is 1. The van der Waals surface area contributed by atoms with E-state index in [1.807, 2.05) is 36.4 Å². The first-order valence-electron chi connectivity index (χ1n) is 10.1. The maximum Gasteiger partial charge on any atom is 0.254 e. The van der Waals surface area contributed by atoms with E-state index in [1.165, 1.54) is 28.5 Å². The third kappa shape index (κ3) is 3.66. The van der Waals surface area contributed by atoms with Gasteiger partial charge in [0.2, 0.25) is 0 Å². The number of hydrogen-bond acceptors (Lipinski definition) is 2. The van der Waals surface area contributed by atoms with E-state index < -0.39 is 11.7 Å². The second-order valence-corrected chi connectivity index (χ2v) is 7.40. The van der Waals surface area contributed by atoms with Crippen LogP contribution in [-0.2, 0) is 13.1 Å². The molecule has 1 aromatic heterocycles. The Morgan fingerprint density at radius 2 is 1.61 bits per heavy atom. The molecule has 0 unspecified atom stereocenters. The summed E-state index contributed by atoms with van der Waals surface area (Å²) in [5.74, 6) is -0.273. The molecule has 5 heteroatoms. The van der Waals surface area contributed by atoms with Gasteiger partial charge in [0.05, 0.1) is 29.7 Å². The van der Waals surface area contributed by atoms with Crippen molar-refractivity contribution >= 4 is 27.7 Å². The molecule has 1 heterocycles. The van der Waals surface area contributed by atoms with E-state index in [0.717, 1.165) is 16.9 Å². The minimum absolute atomic E-state index is 0.0271. The van der Waals surface area contributed by atoms with Gasteiger partial charge in [-0.1, -0.05) is 66.7 Å². The van der Waals surface area contributed by atoms with Gasteiger partial charge in [0.25, 0.3) is 5.91 Å². The molecule has 5 aromatic rings. The molecular weight excluding hydrogens is 389 g/mol. The fourth-order valence-corrected chi connectivity index (χ4v) is 3.94. The Kier molecular flexibility index (Phi) is 4.92. The number of carbonyl (C=O) groups is 1. The van der Waals surface area contributed by atoms with Crippen molar-refractivity contribution in [1.82, 2.24) is 14.9 Å². The Labute approximate surface area is 179 Å². The maximum absolute atomic E-state index is 14.0. The number of halogens is 1. The molecular formula is C26H20FN3O. The molecule has 4 nitrogen and oxygen atoms in total. The Morgan fingerprint density at radius 3 is 2.52 bits per heavy atom. The Bertz CT molecular complexity index is 1400. The van der Waals surface area contributed by atoms with Crippen molar-refractivity contribution in [3.8, 4) is 0 Å². The van der Waals surface area contributed by atoms with Gasteiger partial charge in [-0.05, 0) is 40.6 Å². The van der Waals surface area contributed by atoms with E-state index >= 15 is 0 Å². The van der Waals surface area contributed by atoms with Crippen LogP contribution in [0.4, 0.5) is 4.39 Å². The fraction of sp³-hybridized carbons (Fsp3) is 0.0769. The quantitative estimate of drug-likeness (QED) is 0.428. The average Bonchev–Trinajstić information content (AvgIpc) is 3.15.